The Morgan fingerprint density at radius 2 is 2.15 bits per heavy atom. The molecule has 0 saturated carbocycles. The Bertz CT molecular complexity index is 917. The maximum atomic E-state index is 9.37. The molecule has 2 heterocycles. The van der Waals surface area contributed by atoms with Gasteiger partial charge in [0.15, 0.2) is 22.1 Å². The van der Waals surface area contributed by atoms with E-state index in [0.717, 1.165) is 4.90 Å². The van der Waals surface area contributed by atoms with E-state index in [9.17, 15) is 5.11 Å². The summed E-state index contributed by atoms with van der Waals surface area (Å²) in [6, 6.07) is 5.32. The van der Waals surface area contributed by atoms with E-state index in [2.05, 4.69) is 20.3 Å². The zero-order valence-electron chi connectivity index (χ0n) is 14.0. The van der Waals surface area contributed by atoms with Crippen molar-refractivity contribution in [1.29, 1.82) is 0 Å². The smallest absolute Gasteiger partial charge is 0.175 e. The molecule has 0 saturated heterocycles. The number of imidazole rings is 1. The normalized spacial score (nSPS) is 12.6. The lowest BCUT2D eigenvalue weighted by Crippen LogP contribution is -2.27. The molecule has 0 spiro atoms. The largest absolute Gasteiger partial charge is 0.392 e. The Morgan fingerprint density at radius 3 is 2.88 bits per heavy atom. The van der Waals surface area contributed by atoms with Gasteiger partial charge in [-0.05, 0) is 25.1 Å². The van der Waals surface area contributed by atoms with Crippen LogP contribution in [0.5, 0.6) is 0 Å². The third kappa shape index (κ3) is 4.39. The van der Waals surface area contributed by atoms with Crippen LogP contribution < -0.4 is 11.1 Å². The van der Waals surface area contributed by atoms with Gasteiger partial charge in [0.1, 0.15) is 6.33 Å². The van der Waals surface area contributed by atoms with E-state index in [1.165, 1.54) is 18.1 Å². The first-order valence-electron chi connectivity index (χ1n) is 7.94. The minimum Gasteiger partial charge on any atom is -0.392 e. The molecule has 0 fully saturated rings. The minimum atomic E-state index is -0.408. The van der Waals surface area contributed by atoms with Crippen LogP contribution in [-0.2, 0) is 6.54 Å². The number of hydrogen-bond acceptors (Lipinski definition) is 7. The predicted molar refractivity (Wildman–Crippen MR) is 105 cm³/mol. The molecular weight excluding hydrogens is 395 g/mol. The van der Waals surface area contributed by atoms with E-state index < -0.39 is 6.10 Å². The van der Waals surface area contributed by atoms with Crippen LogP contribution >= 0.6 is 35.0 Å². The van der Waals surface area contributed by atoms with E-state index in [0.29, 0.717) is 51.8 Å². The van der Waals surface area contributed by atoms with Crippen molar-refractivity contribution < 1.29 is 5.11 Å². The number of rotatable bonds is 7. The molecule has 0 amide bonds. The average molecular weight is 413 g/mol. The van der Waals surface area contributed by atoms with Crippen molar-refractivity contribution in [2.24, 2.45) is 0 Å². The first kappa shape index (κ1) is 19.2. The number of nitrogens with one attached hydrogen (secondary N) is 1. The standard InChI is InChI=1S/C16H18Cl2N6OS/c1-9(25)7-20-4-5-24-15-13(14(19)21-8-22-15)23-16(24)26-12-3-2-10(17)6-11(12)18/h2-3,6,8-9,20,25H,4-5,7H2,1H3,(H2,19,21,22). The molecule has 3 aromatic rings. The summed E-state index contributed by atoms with van der Waals surface area (Å²) in [7, 11) is 0. The number of nitrogens with zero attached hydrogens (tertiary/aromatic N) is 4. The van der Waals surface area contributed by atoms with Crippen LogP contribution in [0.15, 0.2) is 34.6 Å². The molecule has 0 aliphatic heterocycles. The van der Waals surface area contributed by atoms with Crippen molar-refractivity contribution in [3.8, 4) is 0 Å². The zero-order chi connectivity index (χ0) is 18.7. The number of aliphatic hydroxyl groups excluding tert-OH is 1. The molecule has 2 aromatic heterocycles. The summed E-state index contributed by atoms with van der Waals surface area (Å²) in [6.45, 7) is 3.49. The van der Waals surface area contributed by atoms with Crippen molar-refractivity contribution in [3.05, 3.63) is 34.6 Å². The van der Waals surface area contributed by atoms with Gasteiger partial charge in [0.05, 0.1) is 11.1 Å². The molecule has 0 radical (unpaired) electrons. The Kier molecular flexibility index (Phi) is 6.20. The highest BCUT2D eigenvalue weighted by Crippen LogP contribution is 2.36. The van der Waals surface area contributed by atoms with Crippen molar-refractivity contribution in [1.82, 2.24) is 24.8 Å². The predicted octanol–water partition coefficient (Wildman–Crippen LogP) is 2.84. The molecule has 7 nitrogen and oxygen atoms in total. The van der Waals surface area contributed by atoms with Gasteiger partial charge in [-0.1, -0.05) is 35.0 Å². The Labute approximate surface area is 164 Å². The van der Waals surface area contributed by atoms with Gasteiger partial charge >= 0.3 is 0 Å². The van der Waals surface area contributed by atoms with Gasteiger partial charge in [0.2, 0.25) is 0 Å². The lowest BCUT2D eigenvalue weighted by atomic mass is 10.4. The average Bonchev–Trinajstić information content (AvgIpc) is 2.93. The third-order valence-electron chi connectivity index (χ3n) is 3.57. The minimum absolute atomic E-state index is 0.328. The highest BCUT2D eigenvalue weighted by Gasteiger charge is 2.17. The number of nitrogen functional groups attached to an aromatic ring is 1. The Balaban J connectivity index is 1.92. The molecule has 4 N–H and O–H groups in total. The summed E-state index contributed by atoms with van der Waals surface area (Å²) < 4.78 is 1.96. The van der Waals surface area contributed by atoms with E-state index in [-0.39, 0.29) is 0 Å². The van der Waals surface area contributed by atoms with E-state index >= 15 is 0 Å². The summed E-state index contributed by atoms with van der Waals surface area (Å²) in [5.74, 6) is 0.328. The first-order chi connectivity index (χ1) is 12.5. The molecule has 0 aliphatic carbocycles. The van der Waals surface area contributed by atoms with Gasteiger partial charge in [-0.2, -0.15) is 0 Å². The Morgan fingerprint density at radius 1 is 1.35 bits per heavy atom. The maximum absolute atomic E-state index is 9.37. The molecule has 0 bridgehead atoms. The van der Waals surface area contributed by atoms with Crippen molar-refractivity contribution in [2.45, 2.75) is 29.6 Å². The molecule has 1 atom stereocenters. The van der Waals surface area contributed by atoms with Crippen molar-refractivity contribution >= 4 is 51.9 Å². The highest BCUT2D eigenvalue weighted by molar-refractivity contribution is 7.99. The van der Waals surface area contributed by atoms with Crippen LogP contribution in [0.3, 0.4) is 0 Å². The number of hydrogen-bond donors (Lipinski definition) is 3. The first-order valence-corrected chi connectivity index (χ1v) is 9.51. The molecule has 1 unspecified atom stereocenters. The second-order valence-electron chi connectivity index (χ2n) is 5.71. The highest BCUT2D eigenvalue weighted by atomic mass is 35.5. The molecule has 10 heteroatoms. The number of nitrogens with two attached hydrogens (primary N) is 1. The fourth-order valence-corrected chi connectivity index (χ4v) is 3.81. The fourth-order valence-electron chi connectivity index (χ4n) is 2.37. The number of aliphatic hydroxyl groups is 1. The molecule has 0 aliphatic rings. The number of benzene rings is 1. The molecule has 3 rings (SSSR count). The van der Waals surface area contributed by atoms with Crippen LogP contribution in [-0.4, -0.2) is 43.8 Å². The summed E-state index contributed by atoms with van der Waals surface area (Å²) in [5.41, 5.74) is 7.16. The zero-order valence-corrected chi connectivity index (χ0v) is 16.3. The van der Waals surface area contributed by atoms with Gasteiger partial charge in [0.25, 0.3) is 0 Å². The van der Waals surface area contributed by atoms with Gasteiger partial charge in [-0.3, -0.25) is 0 Å². The van der Waals surface area contributed by atoms with Crippen molar-refractivity contribution in [2.75, 3.05) is 18.8 Å². The number of anilines is 1. The summed E-state index contributed by atoms with van der Waals surface area (Å²) in [4.78, 5) is 13.7. The van der Waals surface area contributed by atoms with Gasteiger partial charge < -0.3 is 20.7 Å². The fraction of sp³-hybridized carbons (Fsp3) is 0.312. The van der Waals surface area contributed by atoms with Gasteiger partial charge in [0, 0.05) is 29.6 Å². The molecule has 138 valence electrons. The van der Waals surface area contributed by atoms with Crippen LogP contribution in [0.4, 0.5) is 5.82 Å². The van der Waals surface area contributed by atoms with Gasteiger partial charge in [-0.15, -0.1) is 0 Å². The third-order valence-corrected chi connectivity index (χ3v) is 5.30. The molecular formula is C16H18Cl2N6OS. The van der Waals surface area contributed by atoms with E-state index in [1.54, 1.807) is 19.1 Å². The number of aromatic nitrogens is 4. The van der Waals surface area contributed by atoms with Crippen LogP contribution in [0.1, 0.15) is 6.92 Å². The lowest BCUT2D eigenvalue weighted by molar-refractivity contribution is 0.191. The number of halogens is 2. The summed E-state index contributed by atoms with van der Waals surface area (Å²) in [5, 5.41) is 14.4. The Hall–Kier alpha value is -1.58. The van der Waals surface area contributed by atoms with Crippen LogP contribution in [0.25, 0.3) is 11.2 Å². The number of fused-ring (bicyclic) bond motifs is 1. The topological polar surface area (TPSA) is 102 Å². The second kappa shape index (κ2) is 8.41. The summed E-state index contributed by atoms with van der Waals surface area (Å²) in [6.07, 6.45) is 1.01. The second-order valence-corrected chi connectivity index (χ2v) is 7.56. The van der Waals surface area contributed by atoms with Crippen LogP contribution in [0, 0.1) is 0 Å². The van der Waals surface area contributed by atoms with E-state index in [4.69, 9.17) is 28.9 Å². The lowest BCUT2D eigenvalue weighted by Gasteiger charge is -2.11. The quantitative estimate of drug-likeness (QED) is 0.512. The summed E-state index contributed by atoms with van der Waals surface area (Å²) >= 11 is 13.7. The van der Waals surface area contributed by atoms with E-state index in [1.807, 2.05) is 10.6 Å². The van der Waals surface area contributed by atoms with Crippen molar-refractivity contribution in [3.63, 3.8) is 0 Å². The molecule has 1 aromatic carbocycles. The maximum Gasteiger partial charge on any atom is 0.175 e. The van der Waals surface area contributed by atoms with Crippen LogP contribution in [0.2, 0.25) is 10.0 Å². The van der Waals surface area contributed by atoms with Gasteiger partial charge in [-0.25, -0.2) is 15.0 Å². The molecule has 26 heavy (non-hydrogen) atoms. The monoisotopic (exact) mass is 412 g/mol. The SMILES string of the molecule is CC(O)CNCCn1c(Sc2ccc(Cl)cc2Cl)nc2c(N)ncnc21.